The lowest BCUT2D eigenvalue weighted by Gasteiger charge is -2.07. The van der Waals surface area contributed by atoms with E-state index in [4.69, 9.17) is 5.14 Å². The summed E-state index contributed by atoms with van der Waals surface area (Å²) in [6.45, 7) is 0.471. The molecule has 3 aromatic rings. The number of anilines is 1. The molecule has 3 N–H and O–H groups in total. The van der Waals surface area contributed by atoms with E-state index in [1.807, 2.05) is 0 Å². The minimum absolute atomic E-state index is 0.0840. The molecule has 0 aliphatic rings. The van der Waals surface area contributed by atoms with Crippen LogP contribution in [0.2, 0.25) is 0 Å². The van der Waals surface area contributed by atoms with Crippen molar-refractivity contribution in [2.45, 2.75) is 11.4 Å². The molecule has 0 unspecified atom stereocenters. The summed E-state index contributed by atoms with van der Waals surface area (Å²) in [4.78, 5) is 8.51. The van der Waals surface area contributed by atoms with Crippen LogP contribution in [0, 0.1) is 0 Å². The van der Waals surface area contributed by atoms with E-state index in [0.29, 0.717) is 22.6 Å². The first-order chi connectivity index (χ1) is 10.9. The lowest BCUT2D eigenvalue weighted by Crippen LogP contribution is -2.12. The van der Waals surface area contributed by atoms with Crippen LogP contribution >= 0.6 is 15.9 Å². The van der Waals surface area contributed by atoms with Gasteiger partial charge in [0.05, 0.1) is 10.3 Å². The lowest BCUT2D eigenvalue weighted by molar-refractivity contribution is 0.598. The monoisotopic (exact) mass is 396 g/mol. The third-order valence-corrected chi connectivity index (χ3v) is 4.77. The molecule has 2 aromatic heterocycles. The third kappa shape index (κ3) is 3.19. The number of sulfonamides is 1. The molecule has 1 aromatic carbocycles. The van der Waals surface area contributed by atoms with E-state index >= 15 is 0 Å². The van der Waals surface area contributed by atoms with Crippen molar-refractivity contribution in [2.75, 3.05) is 5.32 Å². The summed E-state index contributed by atoms with van der Waals surface area (Å²) < 4.78 is 24.8. The van der Waals surface area contributed by atoms with Gasteiger partial charge in [-0.25, -0.2) is 28.2 Å². The van der Waals surface area contributed by atoms with Crippen LogP contribution in [0.1, 0.15) is 5.56 Å². The van der Waals surface area contributed by atoms with Crippen LogP contribution in [-0.2, 0) is 23.6 Å². The lowest BCUT2D eigenvalue weighted by atomic mass is 10.2. The van der Waals surface area contributed by atoms with Gasteiger partial charge in [0.25, 0.3) is 0 Å². The van der Waals surface area contributed by atoms with Crippen LogP contribution < -0.4 is 10.5 Å². The number of hydrogen-bond donors (Lipinski definition) is 2. The quantitative estimate of drug-likeness (QED) is 0.687. The van der Waals surface area contributed by atoms with Gasteiger partial charge in [0.2, 0.25) is 10.0 Å². The number of rotatable bonds is 4. The fourth-order valence-electron chi connectivity index (χ4n) is 2.16. The molecule has 8 nitrogen and oxygen atoms in total. The molecule has 0 amide bonds. The number of primary sulfonamides is 1. The van der Waals surface area contributed by atoms with Crippen molar-refractivity contribution in [3.63, 3.8) is 0 Å². The van der Waals surface area contributed by atoms with Gasteiger partial charge in [-0.05, 0) is 33.6 Å². The minimum atomic E-state index is -3.68. The Bertz CT molecular complexity index is 968. The van der Waals surface area contributed by atoms with Crippen molar-refractivity contribution < 1.29 is 8.42 Å². The summed E-state index contributed by atoms with van der Waals surface area (Å²) in [5.74, 6) is 0.644. The first kappa shape index (κ1) is 15.8. The number of benzene rings is 1. The molecule has 0 atom stereocenters. The predicted molar refractivity (Wildman–Crippen MR) is 89.1 cm³/mol. The van der Waals surface area contributed by atoms with Gasteiger partial charge in [-0.1, -0.05) is 12.1 Å². The van der Waals surface area contributed by atoms with Crippen LogP contribution in [-0.4, -0.2) is 28.2 Å². The number of nitrogens with two attached hydrogens (primary N) is 1. The van der Waals surface area contributed by atoms with E-state index in [-0.39, 0.29) is 4.90 Å². The first-order valence-electron chi connectivity index (χ1n) is 6.55. The van der Waals surface area contributed by atoms with E-state index in [0.717, 1.165) is 10.9 Å². The number of hydrogen-bond acceptors (Lipinski definition) is 6. The van der Waals surface area contributed by atoms with Crippen molar-refractivity contribution in [3.05, 3.63) is 40.8 Å². The highest BCUT2D eigenvalue weighted by Gasteiger charge is 2.13. The molecule has 2 heterocycles. The van der Waals surface area contributed by atoms with Crippen molar-refractivity contribution in [3.8, 4) is 0 Å². The van der Waals surface area contributed by atoms with E-state index < -0.39 is 10.0 Å². The molecular formula is C13H13BrN6O2S. The van der Waals surface area contributed by atoms with Gasteiger partial charge in [-0.15, -0.1) is 0 Å². The van der Waals surface area contributed by atoms with Gasteiger partial charge in [-0.2, -0.15) is 5.10 Å². The van der Waals surface area contributed by atoms with E-state index in [2.05, 4.69) is 36.3 Å². The normalized spacial score (nSPS) is 11.8. The fourth-order valence-corrected chi connectivity index (χ4v) is 3.28. The van der Waals surface area contributed by atoms with Crippen LogP contribution in [0.5, 0.6) is 0 Å². The number of aryl methyl sites for hydroxylation is 1. The smallest absolute Gasteiger partial charge is 0.238 e. The molecule has 0 aliphatic heterocycles. The van der Waals surface area contributed by atoms with Crippen molar-refractivity contribution >= 4 is 42.8 Å². The van der Waals surface area contributed by atoms with Gasteiger partial charge in [-0.3, -0.25) is 0 Å². The van der Waals surface area contributed by atoms with E-state index in [1.165, 1.54) is 18.5 Å². The average molecular weight is 397 g/mol. The second-order valence-corrected chi connectivity index (χ2v) is 7.19. The molecule has 0 spiro atoms. The van der Waals surface area contributed by atoms with Crippen LogP contribution in [0.4, 0.5) is 5.82 Å². The molecule has 0 bridgehead atoms. The second kappa shape index (κ2) is 5.87. The Morgan fingerprint density at radius 2 is 1.96 bits per heavy atom. The highest BCUT2D eigenvalue weighted by molar-refractivity contribution is 9.10. The maximum Gasteiger partial charge on any atom is 0.238 e. The molecule has 0 aliphatic carbocycles. The molecule has 3 rings (SSSR count). The summed E-state index contributed by atoms with van der Waals surface area (Å²) >= 11 is 3.39. The van der Waals surface area contributed by atoms with Crippen molar-refractivity contribution in [2.24, 2.45) is 12.2 Å². The Morgan fingerprint density at radius 3 is 2.61 bits per heavy atom. The highest BCUT2D eigenvalue weighted by Crippen LogP contribution is 2.27. The van der Waals surface area contributed by atoms with E-state index in [9.17, 15) is 8.42 Å². The zero-order valence-corrected chi connectivity index (χ0v) is 14.5. The average Bonchev–Trinajstić information content (AvgIpc) is 2.80. The predicted octanol–water partition coefficient (Wildman–Crippen LogP) is 1.39. The summed E-state index contributed by atoms with van der Waals surface area (Å²) in [6.07, 6.45) is 1.46. The topological polar surface area (TPSA) is 116 Å². The summed E-state index contributed by atoms with van der Waals surface area (Å²) in [5.41, 5.74) is 1.60. The summed E-state index contributed by atoms with van der Waals surface area (Å²) in [6, 6.07) is 6.34. The van der Waals surface area contributed by atoms with Gasteiger partial charge in [0.15, 0.2) is 5.65 Å². The SMILES string of the molecule is Cn1nc(Br)c2c(NCc3ccc(S(N)(=O)=O)cc3)ncnc21. The third-order valence-electron chi connectivity index (χ3n) is 3.29. The highest BCUT2D eigenvalue weighted by atomic mass is 79.9. The molecule has 10 heteroatoms. The maximum absolute atomic E-state index is 11.2. The number of nitrogens with zero attached hydrogens (tertiary/aromatic N) is 4. The van der Waals surface area contributed by atoms with Gasteiger partial charge >= 0.3 is 0 Å². The maximum atomic E-state index is 11.2. The van der Waals surface area contributed by atoms with E-state index in [1.54, 1.807) is 23.9 Å². The Balaban J connectivity index is 1.84. The Hall–Kier alpha value is -2.04. The Labute approximate surface area is 140 Å². The Morgan fingerprint density at radius 1 is 1.26 bits per heavy atom. The molecule has 0 radical (unpaired) electrons. The summed E-state index contributed by atoms with van der Waals surface area (Å²) in [7, 11) is -1.88. The zero-order valence-electron chi connectivity index (χ0n) is 12.1. The van der Waals surface area contributed by atoms with Crippen molar-refractivity contribution in [1.82, 2.24) is 19.7 Å². The number of nitrogens with one attached hydrogen (secondary N) is 1. The molecule has 23 heavy (non-hydrogen) atoms. The molecule has 0 saturated heterocycles. The number of aromatic nitrogens is 4. The Kier molecular flexibility index (Phi) is 4.04. The largest absolute Gasteiger partial charge is 0.365 e. The molecule has 120 valence electrons. The zero-order chi connectivity index (χ0) is 16.6. The molecule has 0 saturated carbocycles. The van der Waals surface area contributed by atoms with Crippen LogP contribution in [0.25, 0.3) is 11.0 Å². The first-order valence-corrected chi connectivity index (χ1v) is 8.89. The summed E-state index contributed by atoms with van der Waals surface area (Å²) in [5, 5.41) is 13.3. The standard InChI is InChI=1S/C13H13BrN6O2S/c1-20-13-10(11(14)19-20)12(17-7-18-13)16-6-8-2-4-9(5-3-8)23(15,21)22/h2-5,7H,6H2,1H3,(H2,15,21,22)(H,16,17,18). The van der Waals surface area contributed by atoms with Crippen molar-refractivity contribution in [1.29, 1.82) is 0 Å². The van der Waals surface area contributed by atoms with Gasteiger partial charge < -0.3 is 5.32 Å². The minimum Gasteiger partial charge on any atom is -0.365 e. The van der Waals surface area contributed by atoms with Crippen LogP contribution in [0.3, 0.4) is 0 Å². The number of fused-ring (bicyclic) bond motifs is 1. The molecular weight excluding hydrogens is 384 g/mol. The van der Waals surface area contributed by atoms with Gasteiger partial charge in [0.1, 0.15) is 16.7 Å². The number of halogens is 1. The fraction of sp³-hybridized carbons (Fsp3) is 0.154. The van der Waals surface area contributed by atoms with Gasteiger partial charge in [0, 0.05) is 13.6 Å². The second-order valence-electron chi connectivity index (χ2n) is 4.88. The van der Waals surface area contributed by atoms with Crippen LogP contribution in [0.15, 0.2) is 40.1 Å². The molecule has 0 fully saturated rings.